The molecule has 2 aliphatic heterocycles. The number of halogens is 3. The third-order valence-corrected chi connectivity index (χ3v) is 6.26. The van der Waals surface area contributed by atoms with Gasteiger partial charge in [-0.3, -0.25) is 9.69 Å². The number of anilines is 1. The Labute approximate surface area is 179 Å². The predicted octanol–water partition coefficient (Wildman–Crippen LogP) is 4.87. The Morgan fingerprint density at radius 3 is 2.81 bits per heavy atom. The summed E-state index contributed by atoms with van der Waals surface area (Å²) >= 11 is 1.05. The molecule has 0 aliphatic carbocycles. The number of carbonyl (C=O) groups excluding carboxylic acids is 1. The number of fused-ring (bicyclic) bond motifs is 2. The Hall–Kier alpha value is -2.85. The first-order valence-electron chi connectivity index (χ1n) is 9.70. The first-order chi connectivity index (χ1) is 14.9. The standard InChI is InChI=1S/C21H17F3N2O4S/c22-21(23,24)14-4-1-5-17-18(14)25-20(31-17)26(10-13-3-2-8-28-13)19(27)12-6-7-15-16(9-12)30-11-29-15/h1,4-7,9,13H,2-3,8,10-11H2. The van der Waals surface area contributed by atoms with E-state index < -0.39 is 11.7 Å². The summed E-state index contributed by atoms with van der Waals surface area (Å²) in [4.78, 5) is 19.0. The Kier molecular flexibility index (Phi) is 4.98. The smallest absolute Gasteiger partial charge is 0.418 e. The van der Waals surface area contributed by atoms with Crippen LogP contribution in [0.25, 0.3) is 10.2 Å². The molecule has 0 saturated carbocycles. The van der Waals surface area contributed by atoms with E-state index in [4.69, 9.17) is 14.2 Å². The molecule has 1 unspecified atom stereocenters. The normalized spacial score (nSPS) is 18.0. The molecule has 5 rings (SSSR count). The molecule has 3 heterocycles. The number of ether oxygens (including phenoxy) is 3. The van der Waals surface area contributed by atoms with Crippen LogP contribution in [-0.2, 0) is 10.9 Å². The first kappa shape index (κ1) is 20.1. The molecule has 10 heteroatoms. The molecule has 3 aromatic rings. The third kappa shape index (κ3) is 3.81. The van der Waals surface area contributed by atoms with Gasteiger partial charge in [-0.1, -0.05) is 17.4 Å². The molecule has 1 fully saturated rings. The highest BCUT2D eigenvalue weighted by atomic mass is 32.1. The fraction of sp³-hybridized carbons (Fsp3) is 0.333. The third-order valence-electron chi connectivity index (χ3n) is 5.22. The van der Waals surface area contributed by atoms with Crippen molar-refractivity contribution in [3.05, 3.63) is 47.5 Å². The van der Waals surface area contributed by atoms with Gasteiger partial charge in [0.25, 0.3) is 5.91 Å². The van der Waals surface area contributed by atoms with Gasteiger partial charge in [0.1, 0.15) is 0 Å². The summed E-state index contributed by atoms with van der Waals surface area (Å²) in [5.74, 6) is 0.602. The summed E-state index contributed by atoms with van der Waals surface area (Å²) in [5, 5.41) is 0.199. The van der Waals surface area contributed by atoms with Crippen LogP contribution in [0, 0.1) is 0 Å². The lowest BCUT2D eigenvalue weighted by atomic mass is 10.1. The summed E-state index contributed by atoms with van der Waals surface area (Å²) in [6.45, 7) is 0.869. The molecule has 0 bridgehead atoms. The second kappa shape index (κ2) is 7.69. The molecule has 31 heavy (non-hydrogen) atoms. The minimum absolute atomic E-state index is 0.0741. The maximum atomic E-state index is 13.4. The highest BCUT2D eigenvalue weighted by molar-refractivity contribution is 7.22. The summed E-state index contributed by atoms with van der Waals surface area (Å²) < 4.78 is 57.0. The lowest BCUT2D eigenvalue weighted by Gasteiger charge is -2.23. The zero-order valence-corrected chi connectivity index (χ0v) is 17.0. The van der Waals surface area contributed by atoms with Gasteiger partial charge < -0.3 is 14.2 Å². The molecule has 1 atom stereocenters. The number of carbonyl (C=O) groups is 1. The SMILES string of the molecule is O=C(c1ccc2c(c1)OCO2)N(CC1CCCO1)c1nc2c(C(F)(F)F)cccc2s1. The van der Waals surface area contributed by atoms with Crippen LogP contribution in [0.5, 0.6) is 11.5 Å². The van der Waals surface area contributed by atoms with E-state index in [1.54, 1.807) is 24.3 Å². The van der Waals surface area contributed by atoms with Gasteiger partial charge in [0.2, 0.25) is 6.79 Å². The zero-order chi connectivity index (χ0) is 21.6. The number of para-hydroxylation sites is 1. The van der Waals surface area contributed by atoms with E-state index in [0.717, 1.165) is 30.2 Å². The number of rotatable bonds is 4. The molecule has 0 radical (unpaired) electrons. The second-order valence-electron chi connectivity index (χ2n) is 7.27. The van der Waals surface area contributed by atoms with Crippen molar-refractivity contribution in [2.45, 2.75) is 25.1 Å². The number of benzene rings is 2. The van der Waals surface area contributed by atoms with E-state index in [9.17, 15) is 18.0 Å². The van der Waals surface area contributed by atoms with Crippen LogP contribution >= 0.6 is 11.3 Å². The lowest BCUT2D eigenvalue weighted by molar-refractivity contribution is -0.136. The Morgan fingerprint density at radius 1 is 1.19 bits per heavy atom. The van der Waals surface area contributed by atoms with Gasteiger partial charge in [0, 0.05) is 12.2 Å². The fourth-order valence-electron chi connectivity index (χ4n) is 3.71. The molecule has 162 valence electrons. The highest BCUT2D eigenvalue weighted by Crippen LogP contribution is 2.39. The average molecular weight is 450 g/mol. The number of hydrogen-bond donors (Lipinski definition) is 0. The molecule has 2 aliphatic rings. The number of hydrogen-bond acceptors (Lipinski definition) is 6. The first-order valence-corrected chi connectivity index (χ1v) is 10.5. The van der Waals surface area contributed by atoms with Crippen molar-refractivity contribution in [3.63, 3.8) is 0 Å². The number of amides is 1. The van der Waals surface area contributed by atoms with Crippen LogP contribution in [0.15, 0.2) is 36.4 Å². The predicted molar refractivity (Wildman–Crippen MR) is 108 cm³/mol. The number of aromatic nitrogens is 1. The minimum Gasteiger partial charge on any atom is -0.454 e. The summed E-state index contributed by atoms with van der Waals surface area (Å²) in [6.07, 6.45) is -3.10. The molecule has 2 aromatic carbocycles. The molecule has 1 amide bonds. The van der Waals surface area contributed by atoms with E-state index in [2.05, 4.69) is 4.98 Å². The molecular formula is C21H17F3N2O4S. The van der Waals surface area contributed by atoms with E-state index in [1.807, 2.05) is 0 Å². The van der Waals surface area contributed by atoms with E-state index in [0.29, 0.717) is 28.4 Å². The zero-order valence-electron chi connectivity index (χ0n) is 16.1. The second-order valence-corrected chi connectivity index (χ2v) is 8.27. The van der Waals surface area contributed by atoms with E-state index in [1.165, 1.54) is 11.0 Å². The highest BCUT2D eigenvalue weighted by Gasteiger charge is 2.35. The van der Waals surface area contributed by atoms with E-state index in [-0.39, 0.29) is 36.0 Å². The van der Waals surface area contributed by atoms with Crippen LogP contribution in [-0.4, -0.2) is 36.9 Å². The Bertz CT molecular complexity index is 1140. The topological polar surface area (TPSA) is 60.9 Å². The van der Waals surface area contributed by atoms with Gasteiger partial charge in [-0.15, -0.1) is 0 Å². The Balaban J connectivity index is 1.55. The maximum absolute atomic E-state index is 13.4. The van der Waals surface area contributed by atoms with Crippen molar-refractivity contribution >= 4 is 32.6 Å². The van der Waals surface area contributed by atoms with Crippen LogP contribution in [0.1, 0.15) is 28.8 Å². The van der Waals surface area contributed by atoms with Gasteiger partial charge in [-0.2, -0.15) is 13.2 Å². The van der Waals surface area contributed by atoms with Gasteiger partial charge in [-0.05, 0) is 43.2 Å². The minimum atomic E-state index is -4.54. The number of alkyl halides is 3. The van der Waals surface area contributed by atoms with E-state index >= 15 is 0 Å². The van der Waals surface area contributed by atoms with Crippen molar-refractivity contribution in [2.24, 2.45) is 0 Å². The summed E-state index contributed by atoms with van der Waals surface area (Å²) in [6, 6.07) is 8.72. The molecule has 1 aromatic heterocycles. The van der Waals surface area contributed by atoms with Gasteiger partial charge in [-0.25, -0.2) is 4.98 Å². The molecule has 0 spiro atoms. The maximum Gasteiger partial charge on any atom is 0.418 e. The molecule has 1 saturated heterocycles. The quantitative estimate of drug-likeness (QED) is 0.568. The average Bonchev–Trinajstić information content (AvgIpc) is 3.49. The number of thiazole rings is 1. The van der Waals surface area contributed by atoms with Crippen molar-refractivity contribution < 1.29 is 32.2 Å². The monoisotopic (exact) mass is 450 g/mol. The molecular weight excluding hydrogens is 433 g/mol. The molecule has 0 N–H and O–H groups in total. The van der Waals surface area contributed by atoms with Crippen molar-refractivity contribution in [1.82, 2.24) is 4.98 Å². The number of nitrogens with zero attached hydrogens (tertiary/aromatic N) is 2. The van der Waals surface area contributed by atoms with Gasteiger partial charge >= 0.3 is 6.18 Å². The van der Waals surface area contributed by atoms with Crippen molar-refractivity contribution in [3.8, 4) is 11.5 Å². The fourth-order valence-corrected chi connectivity index (χ4v) is 4.71. The lowest BCUT2D eigenvalue weighted by Crippen LogP contribution is -2.37. The Morgan fingerprint density at radius 2 is 2.03 bits per heavy atom. The largest absolute Gasteiger partial charge is 0.454 e. The van der Waals surface area contributed by atoms with Gasteiger partial charge in [0.05, 0.1) is 28.4 Å². The van der Waals surface area contributed by atoms with Crippen LogP contribution in [0.2, 0.25) is 0 Å². The summed E-state index contributed by atoms with van der Waals surface area (Å²) in [5.41, 5.74) is -0.650. The summed E-state index contributed by atoms with van der Waals surface area (Å²) in [7, 11) is 0. The molecule has 6 nitrogen and oxygen atoms in total. The van der Waals surface area contributed by atoms with Crippen LogP contribution in [0.3, 0.4) is 0 Å². The van der Waals surface area contributed by atoms with Crippen LogP contribution in [0.4, 0.5) is 18.3 Å². The van der Waals surface area contributed by atoms with Crippen molar-refractivity contribution in [1.29, 1.82) is 0 Å². The van der Waals surface area contributed by atoms with Gasteiger partial charge in [0.15, 0.2) is 16.6 Å². The van der Waals surface area contributed by atoms with Crippen molar-refractivity contribution in [2.75, 3.05) is 24.8 Å². The van der Waals surface area contributed by atoms with Crippen LogP contribution < -0.4 is 14.4 Å².